The topological polar surface area (TPSA) is 106 Å². The van der Waals surface area contributed by atoms with Gasteiger partial charge in [-0.2, -0.15) is 0 Å². The smallest absolute Gasteiger partial charge is 0.269 e. The normalized spacial score (nSPS) is 11.3. The molecule has 8 nitrogen and oxygen atoms in total. The van der Waals surface area contributed by atoms with Gasteiger partial charge in [-0.05, 0) is 25.1 Å². The number of hydrogen-bond acceptors (Lipinski definition) is 6. The van der Waals surface area contributed by atoms with Crippen LogP contribution in [0.2, 0.25) is 0 Å². The number of fused-ring (bicyclic) bond motifs is 1. The maximum absolute atomic E-state index is 12.7. The van der Waals surface area contributed by atoms with Crippen molar-refractivity contribution in [2.75, 3.05) is 5.43 Å². The predicted octanol–water partition coefficient (Wildman–Crippen LogP) is 1.05. The highest BCUT2D eigenvalue weighted by molar-refractivity contribution is 7.90. The van der Waals surface area contributed by atoms with Crippen molar-refractivity contribution in [3.05, 3.63) is 48.3 Å². The number of nitrogens with one attached hydrogen (secondary N) is 2. The summed E-state index contributed by atoms with van der Waals surface area (Å²) in [5.74, 6) is 0.301. The lowest BCUT2D eigenvalue weighted by molar-refractivity contribution is -0.109. The summed E-state index contributed by atoms with van der Waals surface area (Å²) >= 11 is 0. The molecule has 3 aromatic rings. The van der Waals surface area contributed by atoms with E-state index in [0.29, 0.717) is 17.7 Å². The zero-order valence-corrected chi connectivity index (χ0v) is 12.9. The molecule has 3 rings (SSSR count). The molecule has 0 fully saturated rings. The van der Waals surface area contributed by atoms with Gasteiger partial charge in [-0.1, -0.05) is 17.7 Å². The number of benzene rings is 1. The van der Waals surface area contributed by atoms with Crippen LogP contribution < -0.4 is 10.9 Å². The monoisotopic (exact) mass is 331 g/mol. The molecule has 0 aliphatic rings. The van der Waals surface area contributed by atoms with Gasteiger partial charge >= 0.3 is 0 Å². The number of rotatable bonds is 5. The summed E-state index contributed by atoms with van der Waals surface area (Å²) < 4.78 is 26.5. The van der Waals surface area contributed by atoms with Gasteiger partial charge in [0.1, 0.15) is 5.52 Å². The summed E-state index contributed by atoms with van der Waals surface area (Å²) in [6, 6.07) is 8.11. The van der Waals surface area contributed by atoms with Gasteiger partial charge in [0, 0.05) is 6.20 Å². The minimum atomic E-state index is -3.75. The number of hydrazine groups is 1. The number of nitrogens with zero attached hydrogens (tertiary/aromatic N) is 3. The first-order chi connectivity index (χ1) is 11.0. The van der Waals surface area contributed by atoms with Crippen LogP contribution in [0.15, 0.2) is 47.6 Å². The molecular formula is C14H13N5O3S. The third-order valence-electron chi connectivity index (χ3n) is 3.19. The van der Waals surface area contributed by atoms with E-state index in [1.54, 1.807) is 30.3 Å². The first-order valence-electron chi connectivity index (χ1n) is 6.64. The lowest BCUT2D eigenvalue weighted by Crippen LogP contribution is -2.20. The summed E-state index contributed by atoms with van der Waals surface area (Å²) in [5, 5.41) is 0. The van der Waals surface area contributed by atoms with Gasteiger partial charge < -0.3 is 0 Å². The Bertz CT molecular complexity index is 964. The molecule has 2 heterocycles. The average molecular weight is 331 g/mol. The van der Waals surface area contributed by atoms with Crippen molar-refractivity contribution in [2.24, 2.45) is 0 Å². The van der Waals surface area contributed by atoms with Gasteiger partial charge in [0.15, 0.2) is 11.5 Å². The van der Waals surface area contributed by atoms with Crippen molar-refractivity contribution in [3.8, 4) is 0 Å². The van der Waals surface area contributed by atoms with Crippen LogP contribution in [0.5, 0.6) is 0 Å². The lowest BCUT2D eigenvalue weighted by atomic mass is 10.2. The number of hydrogen-bond donors (Lipinski definition) is 2. The van der Waals surface area contributed by atoms with E-state index >= 15 is 0 Å². The van der Waals surface area contributed by atoms with Gasteiger partial charge in [-0.3, -0.25) is 15.6 Å². The van der Waals surface area contributed by atoms with Crippen LogP contribution in [0.1, 0.15) is 5.56 Å². The Labute approximate surface area is 132 Å². The number of anilines is 1. The maximum atomic E-state index is 12.7. The molecule has 9 heteroatoms. The molecule has 23 heavy (non-hydrogen) atoms. The molecule has 0 saturated carbocycles. The summed E-state index contributed by atoms with van der Waals surface area (Å²) in [4.78, 5) is 18.7. The van der Waals surface area contributed by atoms with E-state index in [1.165, 1.54) is 12.4 Å². The Morgan fingerprint density at radius 3 is 2.61 bits per heavy atom. The summed E-state index contributed by atoms with van der Waals surface area (Å²) in [7, 11) is -3.75. The first kappa shape index (κ1) is 15.0. The van der Waals surface area contributed by atoms with Crippen LogP contribution in [-0.4, -0.2) is 28.8 Å². The van der Waals surface area contributed by atoms with Gasteiger partial charge in [-0.25, -0.2) is 22.4 Å². The standard InChI is InChI=1S/C14H13N5O3S/c1-10-2-4-11(5-3-10)23(21,22)19-7-6-12-14(19)15-8-13(17-12)18-16-9-20/h2-9H,1H3,(H,16,20)(H,17,18). The molecule has 2 N–H and O–H groups in total. The Morgan fingerprint density at radius 2 is 1.91 bits per heavy atom. The van der Waals surface area contributed by atoms with E-state index < -0.39 is 10.0 Å². The van der Waals surface area contributed by atoms with Crippen LogP contribution in [-0.2, 0) is 14.8 Å². The van der Waals surface area contributed by atoms with Crippen LogP contribution in [0, 0.1) is 6.92 Å². The maximum Gasteiger partial charge on any atom is 0.269 e. The molecule has 0 spiro atoms. The number of carbonyl (C=O) groups excluding carboxylic acids is 1. The average Bonchev–Trinajstić information content (AvgIpc) is 2.97. The summed E-state index contributed by atoms with van der Waals surface area (Å²) in [6.45, 7) is 1.88. The van der Waals surface area contributed by atoms with E-state index in [2.05, 4.69) is 20.8 Å². The molecule has 0 bridgehead atoms. The van der Waals surface area contributed by atoms with Crippen molar-refractivity contribution in [3.63, 3.8) is 0 Å². The first-order valence-corrected chi connectivity index (χ1v) is 8.08. The van der Waals surface area contributed by atoms with Crippen LogP contribution in [0.3, 0.4) is 0 Å². The predicted molar refractivity (Wildman–Crippen MR) is 84.1 cm³/mol. The third kappa shape index (κ3) is 2.73. The molecular weight excluding hydrogens is 318 g/mol. The number of aryl methyl sites for hydroxylation is 1. The van der Waals surface area contributed by atoms with Gasteiger partial charge in [0.2, 0.25) is 6.41 Å². The molecule has 0 aliphatic carbocycles. The molecule has 0 aliphatic heterocycles. The zero-order chi connectivity index (χ0) is 16.4. The highest BCUT2D eigenvalue weighted by Crippen LogP contribution is 2.20. The van der Waals surface area contributed by atoms with E-state index in [1.807, 2.05) is 6.92 Å². The van der Waals surface area contributed by atoms with Crippen molar-refractivity contribution in [1.82, 2.24) is 19.4 Å². The molecule has 1 amide bonds. The molecule has 1 aromatic carbocycles. The number of aromatic nitrogens is 3. The van der Waals surface area contributed by atoms with Crippen molar-refractivity contribution in [2.45, 2.75) is 11.8 Å². The fourth-order valence-electron chi connectivity index (χ4n) is 2.07. The van der Waals surface area contributed by atoms with E-state index in [-0.39, 0.29) is 10.5 Å². The second-order valence-electron chi connectivity index (χ2n) is 4.78. The van der Waals surface area contributed by atoms with E-state index in [0.717, 1.165) is 9.54 Å². The zero-order valence-electron chi connectivity index (χ0n) is 12.1. The fraction of sp³-hybridized carbons (Fsp3) is 0.0714. The minimum Gasteiger partial charge on any atom is -0.281 e. The third-order valence-corrected chi connectivity index (χ3v) is 4.87. The van der Waals surface area contributed by atoms with Crippen molar-refractivity contribution < 1.29 is 13.2 Å². The Morgan fingerprint density at radius 1 is 1.17 bits per heavy atom. The quantitative estimate of drug-likeness (QED) is 0.535. The molecule has 0 atom stereocenters. The second kappa shape index (κ2) is 5.69. The largest absolute Gasteiger partial charge is 0.281 e. The second-order valence-corrected chi connectivity index (χ2v) is 6.60. The lowest BCUT2D eigenvalue weighted by Gasteiger charge is -2.07. The number of carbonyl (C=O) groups is 1. The van der Waals surface area contributed by atoms with Crippen molar-refractivity contribution in [1.29, 1.82) is 0 Å². The molecule has 0 unspecified atom stereocenters. The highest BCUT2D eigenvalue weighted by atomic mass is 32.2. The molecule has 2 aromatic heterocycles. The van der Waals surface area contributed by atoms with Crippen molar-refractivity contribution >= 4 is 33.4 Å². The molecule has 0 saturated heterocycles. The summed E-state index contributed by atoms with van der Waals surface area (Å²) in [6.07, 6.45) is 3.19. The SMILES string of the molecule is Cc1ccc(S(=O)(=O)n2ccc3nc(NNC=O)cnc32)cc1. The van der Waals surface area contributed by atoms with Crippen LogP contribution in [0.4, 0.5) is 5.82 Å². The molecule has 118 valence electrons. The van der Waals surface area contributed by atoms with Gasteiger partial charge in [0.05, 0.1) is 11.1 Å². The minimum absolute atomic E-state index is 0.173. The Hall–Kier alpha value is -2.94. The highest BCUT2D eigenvalue weighted by Gasteiger charge is 2.20. The van der Waals surface area contributed by atoms with Gasteiger partial charge in [-0.15, -0.1) is 0 Å². The van der Waals surface area contributed by atoms with Gasteiger partial charge in [0.25, 0.3) is 10.0 Å². The van der Waals surface area contributed by atoms with E-state index in [4.69, 9.17) is 0 Å². The summed E-state index contributed by atoms with van der Waals surface area (Å²) in [5.41, 5.74) is 6.33. The Kier molecular flexibility index (Phi) is 3.70. The Balaban J connectivity index is 2.06. The van der Waals surface area contributed by atoms with E-state index in [9.17, 15) is 13.2 Å². The molecule has 0 radical (unpaired) electrons. The van der Waals surface area contributed by atoms with Crippen LogP contribution in [0.25, 0.3) is 11.2 Å². The fourth-order valence-corrected chi connectivity index (χ4v) is 3.37. The van der Waals surface area contributed by atoms with Crippen LogP contribution >= 0.6 is 0 Å². The number of amides is 1.